The van der Waals surface area contributed by atoms with Crippen LogP contribution in [0.5, 0.6) is 5.75 Å². The van der Waals surface area contributed by atoms with Gasteiger partial charge in [-0.15, -0.1) is 0 Å². The average molecular weight is 454 g/mol. The molecule has 0 unspecified atom stereocenters. The van der Waals surface area contributed by atoms with Crippen LogP contribution in [0, 0.1) is 13.8 Å². The van der Waals surface area contributed by atoms with Gasteiger partial charge in [-0.05, 0) is 59.5 Å². The number of rotatable bonds is 6. The molecule has 0 saturated carbocycles. The molecule has 3 aromatic carbocycles. The number of fused-ring (bicyclic) bond motifs is 2. The highest BCUT2D eigenvalue weighted by atomic mass is 32.1. The van der Waals surface area contributed by atoms with Crippen molar-refractivity contribution in [3.63, 3.8) is 0 Å². The van der Waals surface area contributed by atoms with Gasteiger partial charge in [-0.2, -0.15) is 0 Å². The highest BCUT2D eigenvalue weighted by Crippen LogP contribution is 2.34. The second kappa shape index (κ2) is 9.00. The van der Waals surface area contributed by atoms with Crippen molar-refractivity contribution in [2.24, 2.45) is 0 Å². The lowest BCUT2D eigenvalue weighted by molar-refractivity contribution is -0.120. The van der Waals surface area contributed by atoms with Gasteiger partial charge in [-0.25, -0.2) is 4.98 Å². The monoisotopic (exact) mass is 453 g/mol. The zero-order valence-corrected chi connectivity index (χ0v) is 19.3. The second-order valence-corrected chi connectivity index (χ2v) is 8.99. The standard InChI is InChI=1S/C27H23N3O2S/c1-18-9-10-19(2)26-25(18)29-27(33-26)30(16-20-6-5-13-28-15-20)24(31)17-32-23-12-11-21-7-3-4-8-22(21)14-23/h3-15H,16-17H2,1-2H3. The van der Waals surface area contributed by atoms with E-state index >= 15 is 0 Å². The van der Waals surface area contributed by atoms with Crippen molar-refractivity contribution in [1.82, 2.24) is 9.97 Å². The molecular formula is C27H23N3O2S. The molecule has 0 atom stereocenters. The predicted molar refractivity (Wildman–Crippen MR) is 134 cm³/mol. The topological polar surface area (TPSA) is 55.3 Å². The van der Waals surface area contributed by atoms with Crippen LogP contribution in [-0.2, 0) is 11.3 Å². The number of thiazole rings is 1. The molecule has 0 saturated heterocycles. The Morgan fingerprint density at radius 3 is 2.58 bits per heavy atom. The highest BCUT2D eigenvalue weighted by molar-refractivity contribution is 7.22. The third-order valence-corrected chi connectivity index (χ3v) is 6.82. The van der Waals surface area contributed by atoms with Crippen LogP contribution >= 0.6 is 11.3 Å². The Labute approximate surface area is 196 Å². The van der Waals surface area contributed by atoms with Gasteiger partial charge in [-0.1, -0.05) is 59.9 Å². The summed E-state index contributed by atoms with van der Waals surface area (Å²) >= 11 is 1.54. The minimum Gasteiger partial charge on any atom is -0.484 e. The van der Waals surface area contributed by atoms with Crippen molar-refractivity contribution >= 4 is 43.4 Å². The van der Waals surface area contributed by atoms with Crippen molar-refractivity contribution in [3.05, 3.63) is 95.8 Å². The van der Waals surface area contributed by atoms with Crippen LogP contribution in [0.2, 0.25) is 0 Å². The summed E-state index contributed by atoms with van der Waals surface area (Å²) in [4.78, 5) is 24.1. The van der Waals surface area contributed by atoms with Gasteiger partial charge < -0.3 is 4.74 Å². The third-order valence-electron chi connectivity index (χ3n) is 5.61. The lowest BCUT2D eigenvalue weighted by Crippen LogP contribution is -2.34. The number of benzene rings is 3. The number of nitrogens with zero attached hydrogens (tertiary/aromatic N) is 3. The van der Waals surface area contributed by atoms with Crippen molar-refractivity contribution in [2.75, 3.05) is 11.5 Å². The fourth-order valence-corrected chi connectivity index (χ4v) is 4.91. The smallest absolute Gasteiger partial charge is 0.267 e. The third kappa shape index (κ3) is 4.43. The molecule has 2 aromatic heterocycles. The van der Waals surface area contributed by atoms with Gasteiger partial charge in [0.05, 0.1) is 16.8 Å². The number of carbonyl (C=O) groups excluding carboxylic acids is 1. The SMILES string of the molecule is Cc1ccc(C)c2sc(N(Cc3cccnc3)C(=O)COc3ccc4ccccc4c3)nc12. The predicted octanol–water partition coefficient (Wildman–Crippen LogP) is 6.07. The van der Waals surface area contributed by atoms with E-state index < -0.39 is 0 Å². The Hall–Kier alpha value is -3.77. The molecule has 0 spiro atoms. The minimum atomic E-state index is -0.152. The summed E-state index contributed by atoms with van der Waals surface area (Å²) in [6, 6.07) is 21.9. The molecule has 0 N–H and O–H groups in total. The Balaban J connectivity index is 1.44. The molecule has 6 heteroatoms. The zero-order chi connectivity index (χ0) is 22.8. The van der Waals surface area contributed by atoms with E-state index in [0.29, 0.717) is 17.4 Å². The van der Waals surface area contributed by atoms with Crippen LogP contribution in [0.3, 0.4) is 0 Å². The maximum atomic E-state index is 13.4. The van der Waals surface area contributed by atoms with Crippen LogP contribution in [0.25, 0.3) is 21.0 Å². The van der Waals surface area contributed by atoms with E-state index in [2.05, 4.69) is 30.1 Å². The van der Waals surface area contributed by atoms with E-state index in [4.69, 9.17) is 9.72 Å². The van der Waals surface area contributed by atoms with Crippen molar-refractivity contribution in [3.8, 4) is 5.75 Å². The summed E-state index contributed by atoms with van der Waals surface area (Å²) in [6.45, 7) is 4.42. The maximum Gasteiger partial charge on any atom is 0.267 e. The number of aryl methyl sites for hydroxylation is 2. The minimum absolute atomic E-state index is 0.0769. The molecule has 5 rings (SSSR count). The molecule has 164 valence electrons. The molecule has 33 heavy (non-hydrogen) atoms. The second-order valence-electron chi connectivity index (χ2n) is 8.01. The lowest BCUT2D eigenvalue weighted by Gasteiger charge is -2.20. The van der Waals surface area contributed by atoms with E-state index in [9.17, 15) is 4.79 Å². The molecule has 1 amide bonds. The highest BCUT2D eigenvalue weighted by Gasteiger charge is 2.22. The zero-order valence-electron chi connectivity index (χ0n) is 18.5. The lowest BCUT2D eigenvalue weighted by atomic mass is 10.1. The number of carbonyl (C=O) groups is 1. The summed E-state index contributed by atoms with van der Waals surface area (Å²) in [5, 5.41) is 2.87. The van der Waals surface area contributed by atoms with Crippen LogP contribution in [0.15, 0.2) is 79.1 Å². The first kappa shape index (κ1) is 21.1. The van der Waals surface area contributed by atoms with E-state index in [0.717, 1.165) is 37.7 Å². The largest absolute Gasteiger partial charge is 0.484 e. The van der Waals surface area contributed by atoms with Gasteiger partial charge in [0.25, 0.3) is 5.91 Å². The maximum absolute atomic E-state index is 13.4. The summed E-state index contributed by atoms with van der Waals surface area (Å²) < 4.78 is 7.01. The average Bonchev–Trinajstić information content (AvgIpc) is 3.30. The van der Waals surface area contributed by atoms with E-state index in [1.54, 1.807) is 17.3 Å². The van der Waals surface area contributed by atoms with E-state index in [1.807, 2.05) is 55.5 Å². The van der Waals surface area contributed by atoms with Crippen molar-refractivity contribution in [1.29, 1.82) is 0 Å². The first-order valence-corrected chi connectivity index (χ1v) is 11.6. The van der Waals surface area contributed by atoms with Crippen LogP contribution in [-0.4, -0.2) is 22.5 Å². The van der Waals surface area contributed by atoms with Gasteiger partial charge in [0.15, 0.2) is 11.7 Å². The molecule has 0 fully saturated rings. The van der Waals surface area contributed by atoms with Gasteiger partial charge in [0.2, 0.25) is 0 Å². The first-order chi connectivity index (χ1) is 16.1. The van der Waals surface area contributed by atoms with Gasteiger partial charge in [0, 0.05) is 12.4 Å². The molecule has 5 aromatic rings. The van der Waals surface area contributed by atoms with Crippen molar-refractivity contribution < 1.29 is 9.53 Å². The van der Waals surface area contributed by atoms with Gasteiger partial charge in [0.1, 0.15) is 5.75 Å². The Bertz CT molecular complexity index is 1410. The summed E-state index contributed by atoms with van der Waals surface area (Å²) in [6.07, 6.45) is 3.50. The normalized spacial score (nSPS) is 11.1. The number of hydrogen-bond donors (Lipinski definition) is 0. The van der Waals surface area contributed by atoms with E-state index in [-0.39, 0.29) is 12.5 Å². The molecule has 0 radical (unpaired) electrons. The van der Waals surface area contributed by atoms with Crippen LogP contribution in [0.1, 0.15) is 16.7 Å². The molecule has 0 aliphatic carbocycles. The first-order valence-electron chi connectivity index (χ1n) is 10.8. The summed E-state index contributed by atoms with van der Waals surface area (Å²) in [5.74, 6) is 0.515. The van der Waals surface area contributed by atoms with Crippen LogP contribution < -0.4 is 9.64 Å². The molecule has 5 nitrogen and oxygen atoms in total. The van der Waals surface area contributed by atoms with Crippen LogP contribution in [0.4, 0.5) is 5.13 Å². The molecule has 0 aliphatic heterocycles. The Kier molecular flexibility index (Phi) is 5.75. The van der Waals surface area contributed by atoms with Crippen molar-refractivity contribution in [2.45, 2.75) is 20.4 Å². The number of aromatic nitrogens is 2. The quantitative estimate of drug-likeness (QED) is 0.313. The summed E-state index contributed by atoms with van der Waals surface area (Å²) in [5.41, 5.74) is 4.12. The number of ether oxygens (including phenoxy) is 1. The number of amides is 1. The van der Waals surface area contributed by atoms with Gasteiger partial charge in [-0.3, -0.25) is 14.7 Å². The summed E-state index contributed by atoms with van der Waals surface area (Å²) in [7, 11) is 0. The fourth-order valence-electron chi connectivity index (χ4n) is 3.78. The Morgan fingerprint density at radius 2 is 1.79 bits per heavy atom. The molecule has 2 heterocycles. The molecule has 0 aliphatic rings. The number of pyridine rings is 1. The van der Waals surface area contributed by atoms with E-state index in [1.165, 1.54) is 11.3 Å². The Morgan fingerprint density at radius 1 is 0.970 bits per heavy atom. The molecular weight excluding hydrogens is 430 g/mol. The number of hydrogen-bond acceptors (Lipinski definition) is 5. The fraction of sp³-hybridized carbons (Fsp3) is 0.148. The van der Waals surface area contributed by atoms with Gasteiger partial charge >= 0.3 is 0 Å². The number of anilines is 1. The molecule has 0 bridgehead atoms.